The normalized spacial score (nSPS) is 11.5. The van der Waals surface area contributed by atoms with Crippen molar-refractivity contribution in [1.29, 1.82) is 0 Å². The van der Waals surface area contributed by atoms with Gasteiger partial charge in [-0.2, -0.15) is 0 Å². The molecular weight excluding hydrogens is 226 g/mol. The van der Waals surface area contributed by atoms with Crippen LogP contribution in [0.4, 0.5) is 17.6 Å². The van der Waals surface area contributed by atoms with Gasteiger partial charge in [0.25, 0.3) is 0 Å². The maximum Gasteiger partial charge on any atom is 0.238 e. The Kier molecular flexibility index (Phi) is 7.93. The zero-order valence-electron chi connectivity index (χ0n) is 9.19. The quantitative estimate of drug-likeness (QED) is 0.652. The molecule has 0 heterocycles. The first-order valence-corrected chi connectivity index (χ1v) is 5.31. The lowest BCUT2D eigenvalue weighted by Crippen LogP contribution is -2.31. The minimum Gasteiger partial charge on any atom is -0.356 e. The van der Waals surface area contributed by atoms with Gasteiger partial charge in [0.15, 0.2) is 0 Å². The number of halogens is 4. The van der Waals surface area contributed by atoms with E-state index in [0.29, 0.717) is 6.54 Å². The molecule has 0 bridgehead atoms. The summed E-state index contributed by atoms with van der Waals surface area (Å²) in [5, 5.41) is 2.46. The monoisotopic (exact) mass is 243 g/mol. The number of nitrogens with one attached hydrogen (secondary N) is 1. The number of carbonyl (C=O) groups excluding carboxylic acids is 1. The summed E-state index contributed by atoms with van der Waals surface area (Å²) in [5.74, 6) is -1.15. The fourth-order valence-corrected chi connectivity index (χ4v) is 1.38. The highest BCUT2D eigenvalue weighted by Gasteiger charge is 2.20. The molecule has 0 radical (unpaired) electrons. The fourth-order valence-electron chi connectivity index (χ4n) is 1.38. The van der Waals surface area contributed by atoms with Gasteiger partial charge in [-0.15, -0.1) is 0 Å². The Bertz CT molecular complexity index is 187. The molecule has 0 spiro atoms. The summed E-state index contributed by atoms with van der Waals surface area (Å²) in [6.45, 7) is 2.06. The van der Waals surface area contributed by atoms with Crippen molar-refractivity contribution in [3.63, 3.8) is 0 Å². The molecular formula is C10H17F4NO. The van der Waals surface area contributed by atoms with Crippen molar-refractivity contribution in [3.05, 3.63) is 0 Å². The molecule has 16 heavy (non-hydrogen) atoms. The lowest BCUT2D eigenvalue weighted by Gasteiger charge is -2.15. The number of rotatable bonds is 8. The largest absolute Gasteiger partial charge is 0.356 e. The molecule has 6 heteroatoms. The van der Waals surface area contributed by atoms with Gasteiger partial charge in [-0.25, -0.2) is 17.6 Å². The number of carbonyl (C=O) groups is 1. The van der Waals surface area contributed by atoms with Gasteiger partial charge in [-0.1, -0.05) is 0 Å². The summed E-state index contributed by atoms with van der Waals surface area (Å²) in [7, 11) is 0. The summed E-state index contributed by atoms with van der Waals surface area (Å²) in [6.07, 6.45) is -5.94. The van der Waals surface area contributed by atoms with Crippen LogP contribution >= 0.6 is 0 Å². The van der Waals surface area contributed by atoms with Crippen LogP contribution in [-0.2, 0) is 4.79 Å². The van der Waals surface area contributed by atoms with Crippen molar-refractivity contribution in [3.8, 4) is 0 Å². The van der Waals surface area contributed by atoms with Crippen LogP contribution in [0, 0.1) is 5.92 Å². The van der Waals surface area contributed by atoms with Crippen molar-refractivity contribution < 1.29 is 22.4 Å². The van der Waals surface area contributed by atoms with E-state index >= 15 is 0 Å². The molecule has 96 valence electrons. The van der Waals surface area contributed by atoms with E-state index in [-0.39, 0.29) is 12.8 Å². The molecule has 0 rings (SSSR count). The van der Waals surface area contributed by atoms with Gasteiger partial charge >= 0.3 is 0 Å². The smallest absolute Gasteiger partial charge is 0.238 e. The third kappa shape index (κ3) is 7.48. The molecule has 0 aliphatic heterocycles. The van der Waals surface area contributed by atoms with E-state index in [0.717, 1.165) is 0 Å². The second-order valence-electron chi connectivity index (χ2n) is 3.53. The average molecular weight is 243 g/mol. The molecule has 0 aliphatic carbocycles. The van der Waals surface area contributed by atoms with Gasteiger partial charge in [0.2, 0.25) is 18.8 Å². The molecule has 0 aromatic carbocycles. The molecule has 2 nitrogen and oxygen atoms in total. The molecule has 0 fully saturated rings. The van der Waals surface area contributed by atoms with Crippen molar-refractivity contribution in [2.45, 2.75) is 45.5 Å². The average Bonchev–Trinajstić information content (AvgIpc) is 2.17. The first kappa shape index (κ1) is 15.2. The Labute approximate surface area is 92.4 Å². The predicted molar refractivity (Wildman–Crippen MR) is 52.6 cm³/mol. The highest BCUT2D eigenvalue weighted by molar-refractivity contribution is 5.78. The van der Waals surface area contributed by atoms with E-state index in [1.54, 1.807) is 6.92 Å². The molecule has 0 aromatic rings. The second-order valence-corrected chi connectivity index (χ2v) is 3.53. The number of alkyl halides is 4. The summed E-state index contributed by atoms with van der Waals surface area (Å²) in [6, 6.07) is 0. The lowest BCUT2D eigenvalue weighted by atomic mass is 9.96. The molecule has 1 N–H and O–H groups in total. The number of hydrogen-bond acceptors (Lipinski definition) is 1. The summed E-state index contributed by atoms with van der Waals surface area (Å²) < 4.78 is 47.9. The van der Waals surface area contributed by atoms with Crippen molar-refractivity contribution in [2.24, 2.45) is 5.92 Å². The Morgan fingerprint density at radius 3 is 1.75 bits per heavy atom. The third-order valence-corrected chi connectivity index (χ3v) is 2.19. The van der Waals surface area contributed by atoms with Gasteiger partial charge in [0.05, 0.1) is 0 Å². The lowest BCUT2D eigenvalue weighted by molar-refractivity contribution is -0.125. The highest BCUT2D eigenvalue weighted by atomic mass is 19.3. The van der Waals surface area contributed by atoms with Crippen LogP contribution in [0.5, 0.6) is 0 Å². The Morgan fingerprint density at radius 1 is 1.00 bits per heavy atom. The first-order chi connectivity index (χ1) is 7.47. The SMILES string of the molecule is CCNC(=O)C(CCC(F)F)CCC(F)F. The molecule has 0 saturated heterocycles. The molecule has 0 atom stereocenters. The molecule has 1 amide bonds. The molecule has 0 saturated carbocycles. The second kappa shape index (κ2) is 8.35. The van der Waals surface area contributed by atoms with E-state index in [1.165, 1.54) is 0 Å². The van der Waals surface area contributed by atoms with E-state index in [4.69, 9.17) is 0 Å². The zero-order chi connectivity index (χ0) is 12.6. The van der Waals surface area contributed by atoms with Gasteiger partial charge in [0, 0.05) is 25.3 Å². The Morgan fingerprint density at radius 2 is 1.44 bits per heavy atom. The highest BCUT2D eigenvalue weighted by Crippen LogP contribution is 2.19. The van der Waals surface area contributed by atoms with Gasteiger partial charge in [-0.05, 0) is 19.8 Å². The molecule has 0 unspecified atom stereocenters. The van der Waals surface area contributed by atoms with Gasteiger partial charge in [-0.3, -0.25) is 4.79 Å². The van der Waals surface area contributed by atoms with Gasteiger partial charge < -0.3 is 5.32 Å². The topological polar surface area (TPSA) is 29.1 Å². The summed E-state index contributed by atoms with van der Waals surface area (Å²) in [4.78, 5) is 11.4. The zero-order valence-corrected chi connectivity index (χ0v) is 9.19. The minimum atomic E-state index is -2.50. The maximum absolute atomic E-state index is 12.0. The predicted octanol–water partition coefficient (Wildman–Crippen LogP) is 2.83. The van der Waals surface area contributed by atoms with Crippen molar-refractivity contribution in [2.75, 3.05) is 6.54 Å². The van der Waals surface area contributed by atoms with Crippen LogP contribution in [0.3, 0.4) is 0 Å². The van der Waals surface area contributed by atoms with Crippen LogP contribution < -0.4 is 5.32 Å². The van der Waals surface area contributed by atoms with E-state index in [9.17, 15) is 22.4 Å². The van der Waals surface area contributed by atoms with E-state index in [1.807, 2.05) is 0 Å². The van der Waals surface area contributed by atoms with Crippen molar-refractivity contribution >= 4 is 5.91 Å². The van der Waals surface area contributed by atoms with Crippen molar-refractivity contribution in [1.82, 2.24) is 5.32 Å². The maximum atomic E-state index is 12.0. The summed E-state index contributed by atoms with van der Waals surface area (Å²) in [5.41, 5.74) is 0. The van der Waals surface area contributed by atoms with E-state index in [2.05, 4.69) is 5.32 Å². The minimum absolute atomic E-state index is 0.0454. The third-order valence-electron chi connectivity index (χ3n) is 2.19. The van der Waals surface area contributed by atoms with Gasteiger partial charge in [0.1, 0.15) is 0 Å². The van der Waals surface area contributed by atoms with Crippen LogP contribution in [-0.4, -0.2) is 25.3 Å². The molecule has 0 aliphatic rings. The van der Waals surface area contributed by atoms with Crippen LogP contribution in [0.2, 0.25) is 0 Å². The number of hydrogen-bond donors (Lipinski definition) is 1. The first-order valence-electron chi connectivity index (χ1n) is 5.31. The Balaban J connectivity index is 4.09. The summed E-state index contributed by atoms with van der Waals surface area (Å²) >= 11 is 0. The van der Waals surface area contributed by atoms with Crippen LogP contribution in [0.15, 0.2) is 0 Å². The molecule has 0 aromatic heterocycles. The standard InChI is InChI=1S/C10H17F4NO/c1-2-15-10(16)7(3-5-8(11)12)4-6-9(13)14/h7-9H,2-6H2,1H3,(H,15,16). The van der Waals surface area contributed by atoms with E-state index < -0.39 is 37.5 Å². The Hall–Kier alpha value is -0.810. The number of amides is 1. The van der Waals surface area contributed by atoms with Crippen LogP contribution in [0.25, 0.3) is 0 Å². The van der Waals surface area contributed by atoms with Crippen LogP contribution in [0.1, 0.15) is 32.6 Å². The fraction of sp³-hybridized carbons (Fsp3) is 0.900.